The van der Waals surface area contributed by atoms with Gasteiger partial charge in [-0.05, 0) is 30.9 Å². The maximum Gasteiger partial charge on any atom is 0.107 e. The fourth-order valence-corrected chi connectivity index (χ4v) is 1.76. The molecular formula is C11H14O. The highest BCUT2D eigenvalue weighted by molar-refractivity contribution is 5.26. The van der Waals surface area contributed by atoms with Crippen molar-refractivity contribution < 1.29 is 4.42 Å². The zero-order chi connectivity index (χ0) is 8.39. The first-order chi connectivity index (χ1) is 5.90. The molecule has 0 aliphatic heterocycles. The summed E-state index contributed by atoms with van der Waals surface area (Å²) in [5, 5.41) is 0. The van der Waals surface area contributed by atoms with Crippen LogP contribution in [0, 0.1) is 0 Å². The number of aryl methyl sites for hydroxylation is 3. The molecule has 64 valence electrons. The first kappa shape index (κ1) is 7.66. The number of hydrogen-bond acceptors (Lipinski definition) is 1. The van der Waals surface area contributed by atoms with Gasteiger partial charge >= 0.3 is 0 Å². The van der Waals surface area contributed by atoms with Gasteiger partial charge in [0.2, 0.25) is 0 Å². The minimum Gasteiger partial charge on any atom is -0.466 e. The molecule has 0 N–H and O–H groups in total. The second-order valence-electron chi connectivity index (χ2n) is 3.34. The third-order valence-corrected chi connectivity index (χ3v) is 2.39. The highest BCUT2D eigenvalue weighted by atomic mass is 16.3. The van der Waals surface area contributed by atoms with Crippen molar-refractivity contribution in [3.05, 3.63) is 35.8 Å². The van der Waals surface area contributed by atoms with Gasteiger partial charge in [-0.2, -0.15) is 0 Å². The molecule has 0 unspecified atom stereocenters. The van der Waals surface area contributed by atoms with Crippen LogP contribution >= 0.6 is 0 Å². The summed E-state index contributed by atoms with van der Waals surface area (Å²) in [6.45, 7) is 3.70. The smallest absolute Gasteiger partial charge is 0.107 e. The van der Waals surface area contributed by atoms with Gasteiger partial charge in [0.15, 0.2) is 0 Å². The van der Waals surface area contributed by atoms with Gasteiger partial charge in [0.05, 0.1) is 0 Å². The van der Waals surface area contributed by atoms with Crippen molar-refractivity contribution in [2.45, 2.75) is 32.1 Å². The van der Waals surface area contributed by atoms with Gasteiger partial charge in [0.1, 0.15) is 11.5 Å². The summed E-state index contributed by atoms with van der Waals surface area (Å²) in [6, 6.07) is 2.21. The lowest BCUT2D eigenvalue weighted by Gasteiger charge is -1.91. The molecule has 1 heteroatoms. The monoisotopic (exact) mass is 162 g/mol. The Balaban J connectivity index is 2.09. The Labute approximate surface area is 73.1 Å². The molecule has 0 bridgehead atoms. The maximum absolute atomic E-state index is 5.68. The van der Waals surface area contributed by atoms with Crippen LogP contribution in [-0.4, -0.2) is 0 Å². The van der Waals surface area contributed by atoms with Gasteiger partial charge in [-0.25, -0.2) is 0 Å². The zero-order valence-corrected chi connectivity index (χ0v) is 7.31. The lowest BCUT2D eigenvalue weighted by atomic mass is 10.2. The van der Waals surface area contributed by atoms with Crippen molar-refractivity contribution in [1.82, 2.24) is 0 Å². The third-order valence-electron chi connectivity index (χ3n) is 2.39. The number of allylic oxidation sites excluding steroid dienone is 1. The second kappa shape index (κ2) is 3.18. The standard InChI is InChI=1S/C11H14O/c1-2-3-6-10-8-9-5-4-7-11(9)12-10/h2,8H,1,3-7H2. The van der Waals surface area contributed by atoms with Crippen LogP contribution in [0.4, 0.5) is 0 Å². The fraction of sp³-hybridized carbons (Fsp3) is 0.455. The lowest BCUT2D eigenvalue weighted by molar-refractivity contribution is 0.469. The van der Waals surface area contributed by atoms with E-state index in [1.54, 1.807) is 0 Å². The Morgan fingerprint density at radius 3 is 3.17 bits per heavy atom. The quantitative estimate of drug-likeness (QED) is 0.623. The maximum atomic E-state index is 5.68. The molecule has 1 aromatic heterocycles. The Bertz CT molecular complexity index is 262. The Hall–Kier alpha value is -0.980. The lowest BCUT2D eigenvalue weighted by Crippen LogP contribution is -1.79. The summed E-state index contributed by atoms with van der Waals surface area (Å²) in [4.78, 5) is 0. The van der Waals surface area contributed by atoms with E-state index in [0.717, 1.165) is 25.0 Å². The Kier molecular flexibility index (Phi) is 2.03. The zero-order valence-electron chi connectivity index (χ0n) is 7.31. The van der Waals surface area contributed by atoms with Crippen LogP contribution in [0.25, 0.3) is 0 Å². The largest absolute Gasteiger partial charge is 0.466 e. The first-order valence-corrected chi connectivity index (χ1v) is 4.61. The van der Waals surface area contributed by atoms with Gasteiger partial charge in [0, 0.05) is 12.8 Å². The summed E-state index contributed by atoms with van der Waals surface area (Å²) in [7, 11) is 0. The van der Waals surface area contributed by atoms with Gasteiger partial charge in [-0.15, -0.1) is 6.58 Å². The van der Waals surface area contributed by atoms with E-state index in [1.807, 2.05) is 6.08 Å². The molecule has 12 heavy (non-hydrogen) atoms. The Morgan fingerprint density at radius 1 is 1.50 bits per heavy atom. The fourth-order valence-electron chi connectivity index (χ4n) is 1.76. The van der Waals surface area contributed by atoms with Gasteiger partial charge < -0.3 is 4.42 Å². The van der Waals surface area contributed by atoms with Crippen molar-refractivity contribution in [2.24, 2.45) is 0 Å². The molecule has 0 aromatic carbocycles. The van der Waals surface area contributed by atoms with Crippen molar-refractivity contribution in [2.75, 3.05) is 0 Å². The van der Waals surface area contributed by atoms with Gasteiger partial charge in [-0.3, -0.25) is 0 Å². The van der Waals surface area contributed by atoms with Crippen LogP contribution < -0.4 is 0 Å². The SMILES string of the molecule is C=CCCc1cc2c(o1)CCC2. The number of furan rings is 1. The van der Waals surface area contributed by atoms with Crippen LogP contribution in [0.1, 0.15) is 29.9 Å². The molecule has 1 aliphatic rings. The van der Waals surface area contributed by atoms with Crippen LogP contribution in [0.5, 0.6) is 0 Å². The molecule has 2 rings (SSSR count). The molecule has 1 aromatic rings. The second-order valence-corrected chi connectivity index (χ2v) is 3.34. The summed E-state index contributed by atoms with van der Waals surface area (Å²) in [6.07, 6.45) is 7.60. The molecule has 1 nitrogen and oxygen atoms in total. The predicted octanol–water partition coefficient (Wildman–Crippen LogP) is 2.89. The molecule has 0 fully saturated rings. The minimum atomic E-state index is 1.01. The molecule has 1 aliphatic carbocycles. The molecule has 0 atom stereocenters. The molecule has 0 spiro atoms. The topological polar surface area (TPSA) is 13.1 Å². The van der Waals surface area contributed by atoms with Crippen molar-refractivity contribution in [3.8, 4) is 0 Å². The van der Waals surface area contributed by atoms with Gasteiger partial charge in [-0.1, -0.05) is 6.08 Å². The highest BCUT2D eigenvalue weighted by Gasteiger charge is 2.15. The van der Waals surface area contributed by atoms with Crippen LogP contribution in [0.15, 0.2) is 23.1 Å². The number of hydrogen-bond donors (Lipinski definition) is 0. The molecular weight excluding hydrogens is 148 g/mol. The van der Waals surface area contributed by atoms with E-state index >= 15 is 0 Å². The molecule has 0 saturated carbocycles. The summed E-state index contributed by atoms with van der Waals surface area (Å²) < 4.78 is 5.68. The summed E-state index contributed by atoms with van der Waals surface area (Å²) >= 11 is 0. The summed E-state index contributed by atoms with van der Waals surface area (Å²) in [5.41, 5.74) is 1.44. The van der Waals surface area contributed by atoms with E-state index in [2.05, 4.69) is 12.6 Å². The molecule has 1 heterocycles. The predicted molar refractivity (Wildman–Crippen MR) is 49.3 cm³/mol. The third kappa shape index (κ3) is 1.31. The van der Waals surface area contributed by atoms with Crippen molar-refractivity contribution in [1.29, 1.82) is 0 Å². The molecule has 0 radical (unpaired) electrons. The van der Waals surface area contributed by atoms with Gasteiger partial charge in [0.25, 0.3) is 0 Å². The van der Waals surface area contributed by atoms with Crippen LogP contribution in [0.3, 0.4) is 0 Å². The normalized spacial score (nSPS) is 14.7. The molecule has 0 amide bonds. The van der Waals surface area contributed by atoms with E-state index < -0.39 is 0 Å². The Morgan fingerprint density at radius 2 is 2.42 bits per heavy atom. The van der Waals surface area contributed by atoms with Crippen LogP contribution in [-0.2, 0) is 19.3 Å². The van der Waals surface area contributed by atoms with Crippen molar-refractivity contribution in [3.63, 3.8) is 0 Å². The average Bonchev–Trinajstić information content (AvgIpc) is 2.58. The van der Waals surface area contributed by atoms with E-state index in [1.165, 1.54) is 24.2 Å². The number of rotatable bonds is 3. The van der Waals surface area contributed by atoms with E-state index in [4.69, 9.17) is 4.42 Å². The van der Waals surface area contributed by atoms with E-state index in [9.17, 15) is 0 Å². The summed E-state index contributed by atoms with van der Waals surface area (Å²) in [5.74, 6) is 2.37. The first-order valence-electron chi connectivity index (χ1n) is 4.61. The highest BCUT2D eigenvalue weighted by Crippen LogP contribution is 2.25. The van der Waals surface area contributed by atoms with E-state index in [0.29, 0.717) is 0 Å². The van der Waals surface area contributed by atoms with Crippen LogP contribution in [0.2, 0.25) is 0 Å². The minimum absolute atomic E-state index is 1.01. The molecule has 0 saturated heterocycles. The number of fused-ring (bicyclic) bond motifs is 1. The average molecular weight is 162 g/mol. The van der Waals surface area contributed by atoms with Crippen molar-refractivity contribution >= 4 is 0 Å². The van der Waals surface area contributed by atoms with E-state index in [-0.39, 0.29) is 0 Å².